The van der Waals surface area contributed by atoms with Crippen molar-refractivity contribution in [3.63, 3.8) is 0 Å². The topological polar surface area (TPSA) is 52.7 Å². The molecule has 0 radical (unpaired) electrons. The Morgan fingerprint density at radius 1 is 1.06 bits per heavy atom. The lowest BCUT2D eigenvalue weighted by atomic mass is 9.77. The summed E-state index contributed by atoms with van der Waals surface area (Å²) in [5, 5.41) is 4.03. The molecule has 2 aromatic rings. The van der Waals surface area contributed by atoms with Gasteiger partial charge in [0.25, 0.3) is 0 Å². The predicted molar refractivity (Wildman–Crippen MR) is 139 cm³/mol. The Morgan fingerprint density at radius 3 is 2.46 bits per heavy atom. The summed E-state index contributed by atoms with van der Waals surface area (Å²) in [6, 6.07) is 18.2. The van der Waals surface area contributed by atoms with Crippen LogP contribution in [0.2, 0.25) is 5.02 Å². The van der Waals surface area contributed by atoms with Gasteiger partial charge < -0.3 is 15.1 Å². The third kappa shape index (κ3) is 6.45. The van der Waals surface area contributed by atoms with E-state index in [1.54, 1.807) is 0 Å². The van der Waals surface area contributed by atoms with Crippen LogP contribution in [0.1, 0.15) is 62.1 Å². The van der Waals surface area contributed by atoms with Crippen LogP contribution in [0.4, 0.5) is 0 Å². The third-order valence-corrected chi connectivity index (χ3v) is 8.30. The largest absolute Gasteiger partial charge is 0.349 e. The number of rotatable bonds is 9. The molecule has 1 aliphatic carbocycles. The molecule has 35 heavy (non-hydrogen) atoms. The van der Waals surface area contributed by atoms with Gasteiger partial charge in [-0.15, -0.1) is 0 Å². The summed E-state index contributed by atoms with van der Waals surface area (Å²) in [6.07, 6.45) is 6.74. The van der Waals surface area contributed by atoms with E-state index in [0.717, 1.165) is 56.0 Å². The summed E-state index contributed by atoms with van der Waals surface area (Å²) < 4.78 is 0. The fourth-order valence-electron chi connectivity index (χ4n) is 5.68. The van der Waals surface area contributed by atoms with E-state index in [2.05, 4.69) is 22.3 Å². The number of carbonyl (C=O) groups is 2. The van der Waals surface area contributed by atoms with Crippen LogP contribution >= 0.6 is 11.6 Å². The summed E-state index contributed by atoms with van der Waals surface area (Å²) in [5.74, 6) is 1.05. The van der Waals surface area contributed by atoms with Crippen LogP contribution in [-0.4, -0.2) is 47.8 Å². The molecule has 5 nitrogen and oxygen atoms in total. The van der Waals surface area contributed by atoms with E-state index in [1.807, 2.05) is 47.4 Å². The Morgan fingerprint density at radius 2 is 1.77 bits per heavy atom. The van der Waals surface area contributed by atoms with Crippen molar-refractivity contribution >= 4 is 23.4 Å². The predicted octanol–water partition coefficient (Wildman–Crippen LogP) is 5.20. The summed E-state index contributed by atoms with van der Waals surface area (Å²) in [4.78, 5) is 29.9. The van der Waals surface area contributed by atoms with Crippen LogP contribution in [0.15, 0.2) is 54.6 Å². The molecule has 0 aromatic heterocycles. The molecule has 1 N–H and O–H groups in total. The zero-order valence-corrected chi connectivity index (χ0v) is 21.2. The highest BCUT2D eigenvalue weighted by Crippen LogP contribution is 2.41. The first-order chi connectivity index (χ1) is 17.0. The summed E-state index contributed by atoms with van der Waals surface area (Å²) in [6.45, 7) is 4.51. The molecule has 2 saturated heterocycles. The average molecular weight is 494 g/mol. The van der Waals surface area contributed by atoms with Gasteiger partial charge in [0.1, 0.15) is 0 Å². The van der Waals surface area contributed by atoms with Gasteiger partial charge in [0.2, 0.25) is 11.8 Å². The number of piperidine rings is 1. The molecule has 1 spiro atoms. The Hall–Kier alpha value is -2.37. The van der Waals surface area contributed by atoms with Crippen LogP contribution in [0.5, 0.6) is 0 Å². The number of nitrogens with one attached hydrogen (secondary N) is 1. The standard InChI is InChI=1S/C29H36ClN3O2/c30-25-10-8-23(9-11-25)20-33-21-29(19-28(33)35)13-16-32(17-14-29)15-12-26(24-4-2-1-3-5-24)31-27(34)18-22-6-7-22/h1-5,8-11,22,26H,6-7,12-21H2,(H,31,34). The van der Waals surface area contributed by atoms with Crippen LogP contribution in [-0.2, 0) is 16.1 Å². The lowest BCUT2D eigenvalue weighted by Crippen LogP contribution is -2.42. The van der Waals surface area contributed by atoms with Crippen molar-refractivity contribution < 1.29 is 9.59 Å². The Kier molecular flexibility index (Phi) is 7.45. The summed E-state index contributed by atoms with van der Waals surface area (Å²) in [5.41, 5.74) is 2.43. The maximum Gasteiger partial charge on any atom is 0.223 e. The molecule has 0 bridgehead atoms. The van der Waals surface area contributed by atoms with Crippen LogP contribution in [0.25, 0.3) is 0 Å². The number of nitrogens with zero attached hydrogens (tertiary/aromatic N) is 2. The van der Waals surface area contributed by atoms with Gasteiger partial charge in [0.05, 0.1) is 6.04 Å². The number of hydrogen-bond donors (Lipinski definition) is 1. The Labute approximate surface area is 213 Å². The maximum atomic E-state index is 12.8. The first kappa shape index (κ1) is 24.3. The molecule has 3 fully saturated rings. The van der Waals surface area contributed by atoms with Crippen LogP contribution < -0.4 is 5.32 Å². The van der Waals surface area contributed by atoms with Gasteiger partial charge in [-0.2, -0.15) is 0 Å². The number of hydrogen-bond acceptors (Lipinski definition) is 3. The fourth-order valence-corrected chi connectivity index (χ4v) is 5.80. The minimum absolute atomic E-state index is 0.0567. The lowest BCUT2D eigenvalue weighted by Gasteiger charge is -2.39. The van der Waals surface area contributed by atoms with Crippen molar-refractivity contribution in [1.82, 2.24) is 15.1 Å². The van der Waals surface area contributed by atoms with Crippen molar-refractivity contribution in [3.05, 3.63) is 70.7 Å². The summed E-state index contributed by atoms with van der Waals surface area (Å²) in [7, 11) is 0. The molecule has 186 valence electrons. The zero-order chi connectivity index (χ0) is 24.3. The van der Waals surface area contributed by atoms with Crippen LogP contribution in [0, 0.1) is 11.3 Å². The first-order valence-electron chi connectivity index (χ1n) is 13.1. The van der Waals surface area contributed by atoms with Gasteiger partial charge >= 0.3 is 0 Å². The smallest absolute Gasteiger partial charge is 0.223 e. The molecular formula is C29H36ClN3O2. The van der Waals surface area contributed by atoms with Crippen LogP contribution in [0.3, 0.4) is 0 Å². The van der Waals surface area contributed by atoms with Gasteiger partial charge in [-0.1, -0.05) is 54.1 Å². The van der Waals surface area contributed by atoms with Crippen molar-refractivity contribution in [3.8, 4) is 0 Å². The van der Waals surface area contributed by atoms with Crippen molar-refractivity contribution in [2.75, 3.05) is 26.2 Å². The molecule has 2 aromatic carbocycles. The van der Waals surface area contributed by atoms with Crippen molar-refractivity contribution in [2.24, 2.45) is 11.3 Å². The maximum absolute atomic E-state index is 12.8. The number of benzene rings is 2. The van der Waals surface area contributed by atoms with E-state index in [0.29, 0.717) is 25.3 Å². The molecule has 2 heterocycles. The normalized spacial score (nSPS) is 20.8. The molecule has 2 aliphatic heterocycles. The molecule has 5 rings (SSSR count). The van der Waals surface area contributed by atoms with Gasteiger partial charge in [-0.25, -0.2) is 0 Å². The second-order valence-electron chi connectivity index (χ2n) is 10.9. The van der Waals surface area contributed by atoms with Gasteiger partial charge in [0, 0.05) is 37.5 Å². The number of amides is 2. The minimum atomic E-state index is 0.0567. The summed E-state index contributed by atoms with van der Waals surface area (Å²) >= 11 is 6.01. The van der Waals surface area contributed by atoms with Gasteiger partial charge in [-0.3, -0.25) is 9.59 Å². The fraction of sp³-hybridized carbons (Fsp3) is 0.517. The molecule has 1 saturated carbocycles. The van der Waals surface area contributed by atoms with E-state index < -0.39 is 0 Å². The van der Waals surface area contributed by atoms with E-state index in [1.165, 1.54) is 18.4 Å². The monoisotopic (exact) mass is 493 g/mol. The SMILES string of the molecule is O=C(CC1CC1)NC(CCN1CCC2(CC1)CC(=O)N(Cc1ccc(Cl)cc1)C2)c1ccccc1. The highest BCUT2D eigenvalue weighted by molar-refractivity contribution is 6.30. The van der Waals surface area contributed by atoms with Crippen molar-refractivity contribution in [1.29, 1.82) is 0 Å². The van der Waals surface area contributed by atoms with E-state index in [9.17, 15) is 9.59 Å². The van der Waals surface area contributed by atoms with Crippen molar-refractivity contribution in [2.45, 2.75) is 57.5 Å². The Bertz CT molecular complexity index is 1010. The number of carbonyl (C=O) groups excluding carboxylic acids is 2. The molecule has 1 atom stereocenters. The Balaban J connectivity index is 1.12. The molecule has 6 heteroatoms. The second kappa shape index (κ2) is 10.7. The number of likely N-dealkylation sites (tertiary alicyclic amines) is 2. The molecule has 2 amide bonds. The molecule has 3 aliphatic rings. The molecule has 1 unspecified atom stereocenters. The minimum Gasteiger partial charge on any atom is -0.349 e. The van der Waals surface area contributed by atoms with Gasteiger partial charge in [0.15, 0.2) is 0 Å². The zero-order valence-electron chi connectivity index (χ0n) is 20.4. The van der Waals surface area contributed by atoms with Gasteiger partial charge in [-0.05, 0) is 79.8 Å². The quantitative estimate of drug-likeness (QED) is 0.522. The highest BCUT2D eigenvalue weighted by Gasteiger charge is 2.44. The lowest BCUT2D eigenvalue weighted by molar-refractivity contribution is -0.128. The highest BCUT2D eigenvalue weighted by atomic mass is 35.5. The van der Waals surface area contributed by atoms with E-state index in [4.69, 9.17) is 11.6 Å². The first-order valence-corrected chi connectivity index (χ1v) is 13.4. The second-order valence-corrected chi connectivity index (χ2v) is 11.3. The third-order valence-electron chi connectivity index (χ3n) is 8.05. The van der Waals surface area contributed by atoms with E-state index in [-0.39, 0.29) is 23.3 Å². The number of halogens is 1. The van der Waals surface area contributed by atoms with E-state index >= 15 is 0 Å². The average Bonchev–Trinajstić information content (AvgIpc) is 3.62. The molecular weight excluding hydrogens is 458 g/mol.